The van der Waals surface area contributed by atoms with Gasteiger partial charge in [-0.25, -0.2) is 8.78 Å². The molecule has 0 aliphatic heterocycles. The van der Waals surface area contributed by atoms with Crippen molar-refractivity contribution in [2.24, 2.45) is 0 Å². The molecule has 0 bridgehead atoms. The van der Waals surface area contributed by atoms with E-state index in [1.807, 2.05) is 0 Å². The molecule has 0 saturated carbocycles. The summed E-state index contributed by atoms with van der Waals surface area (Å²) in [4.78, 5) is 23.6. The summed E-state index contributed by atoms with van der Waals surface area (Å²) < 4.78 is 60.2. The third-order valence-electron chi connectivity index (χ3n) is 3.52. The number of amides is 2. The highest BCUT2D eigenvalue weighted by Gasteiger charge is 2.14. The summed E-state index contributed by atoms with van der Waals surface area (Å²) in [7, 11) is 1.28. The number of methoxy groups -OCH3 is 1. The quantitative estimate of drug-likeness (QED) is 0.668. The molecule has 0 radical (unpaired) electrons. The maximum atomic E-state index is 13.5. The van der Waals surface area contributed by atoms with Crippen molar-refractivity contribution >= 4 is 11.8 Å². The average Bonchev–Trinajstić information content (AvgIpc) is 2.64. The lowest BCUT2D eigenvalue weighted by Gasteiger charge is -2.12. The fraction of sp³-hybridized carbons (Fsp3) is 0.222. The van der Waals surface area contributed by atoms with Crippen molar-refractivity contribution in [2.75, 3.05) is 13.7 Å². The number of carbonyl (C=O) groups excluding carboxylic acids is 2. The second-order valence-corrected chi connectivity index (χ2v) is 5.45. The second-order valence-electron chi connectivity index (χ2n) is 5.45. The Balaban J connectivity index is 1.87. The largest absolute Gasteiger partial charge is 0.493 e. The van der Waals surface area contributed by atoms with Crippen molar-refractivity contribution in [1.29, 1.82) is 0 Å². The molecule has 6 nitrogen and oxygen atoms in total. The number of benzene rings is 2. The first-order chi connectivity index (χ1) is 13.3. The number of rotatable bonds is 8. The molecule has 2 aromatic carbocycles. The molecule has 2 rings (SSSR count). The molecular weight excluding hydrogens is 384 g/mol. The van der Waals surface area contributed by atoms with Gasteiger partial charge in [-0.15, -0.1) is 0 Å². The summed E-state index contributed by atoms with van der Waals surface area (Å²) in [6, 6.07) is 6.58. The minimum atomic E-state index is -3.01. The molecule has 0 heterocycles. The van der Waals surface area contributed by atoms with Gasteiger partial charge in [0, 0.05) is 12.6 Å². The highest BCUT2D eigenvalue weighted by atomic mass is 19.3. The van der Waals surface area contributed by atoms with Gasteiger partial charge in [0.25, 0.3) is 5.91 Å². The van der Waals surface area contributed by atoms with Crippen molar-refractivity contribution in [3.63, 3.8) is 0 Å². The van der Waals surface area contributed by atoms with E-state index in [1.165, 1.54) is 25.3 Å². The fourth-order valence-corrected chi connectivity index (χ4v) is 2.21. The van der Waals surface area contributed by atoms with Crippen LogP contribution in [-0.4, -0.2) is 32.1 Å². The van der Waals surface area contributed by atoms with Crippen LogP contribution in [0, 0.1) is 11.6 Å². The summed E-state index contributed by atoms with van der Waals surface area (Å²) >= 11 is 0. The first-order valence-corrected chi connectivity index (χ1v) is 7.92. The van der Waals surface area contributed by atoms with E-state index in [1.54, 1.807) is 0 Å². The number of nitrogens with one attached hydrogen (secondary N) is 2. The lowest BCUT2D eigenvalue weighted by Crippen LogP contribution is -2.36. The minimum Gasteiger partial charge on any atom is -0.493 e. The van der Waals surface area contributed by atoms with Crippen LogP contribution in [0.4, 0.5) is 17.6 Å². The topological polar surface area (TPSA) is 76.7 Å². The van der Waals surface area contributed by atoms with Crippen LogP contribution in [-0.2, 0) is 11.3 Å². The molecule has 0 saturated heterocycles. The van der Waals surface area contributed by atoms with E-state index in [0.717, 1.165) is 12.1 Å². The van der Waals surface area contributed by atoms with E-state index in [0.29, 0.717) is 11.6 Å². The molecule has 10 heteroatoms. The molecule has 2 aromatic rings. The van der Waals surface area contributed by atoms with Gasteiger partial charge < -0.3 is 20.1 Å². The van der Waals surface area contributed by atoms with Gasteiger partial charge in [0.05, 0.1) is 19.2 Å². The molecule has 150 valence electrons. The molecule has 2 amide bonds. The highest BCUT2D eigenvalue weighted by molar-refractivity contribution is 5.96. The molecule has 0 aliphatic carbocycles. The van der Waals surface area contributed by atoms with E-state index in [4.69, 9.17) is 4.74 Å². The first kappa shape index (κ1) is 21.0. The summed E-state index contributed by atoms with van der Waals surface area (Å²) in [5.41, 5.74) is 0.135. The minimum absolute atomic E-state index is 0.0188. The van der Waals surface area contributed by atoms with Crippen molar-refractivity contribution in [3.8, 4) is 11.5 Å². The standard InChI is InChI=1S/C18H16F4N2O4/c1-27-15-6-10(2-5-14(15)28-18(21)22)8-23-16(25)9-24-17(26)12-4-3-11(19)7-13(12)20/h2-7,18H,8-9H2,1H3,(H,23,25)(H,24,26). The fourth-order valence-electron chi connectivity index (χ4n) is 2.21. The Morgan fingerprint density at radius 1 is 1.04 bits per heavy atom. The molecule has 0 aromatic heterocycles. The van der Waals surface area contributed by atoms with Gasteiger partial charge >= 0.3 is 6.61 Å². The van der Waals surface area contributed by atoms with Crippen LogP contribution in [0.15, 0.2) is 36.4 Å². The Kier molecular flexibility index (Phi) is 7.19. The zero-order valence-corrected chi connectivity index (χ0v) is 14.6. The summed E-state index contributed by atoms with van der Waals surface area (Å²) in [6.45, 7) is -3.43. The molecule has 0 aliphatic rings. The van der Waals surface area contributed by atoms with Gasteiger partial charge in [-0.05, 0) is 29.8 Å². The maximum absolute atomic E-state index is 13.5. The Bertz CT molecular complexity index is 861. The summed E-state index contributed by atoms with van der Waals surface area (Å²) in [6.07, 6.45) is 0. The van der Waals surface area contributed by atoms with Gasteiger partial charge in [-0.1, -0.05) is 6.07 Å². The van der Waals surface area contributed by atoms with E-state index in [9.17, 15) is 27.2 Å². The van der Waals surface area contributed by atoms with Crippen molar-refractivity contribution < 1.29 is 36.6 Å². The lowest BCUT2D eigenvalue weighted by molar-refractivity contribution is -0.120. The number of hydrogen-bond donors (Lipinski definition) is 2. The molecule has 0 unspecified atom stereocenters. The SMILES string of the molecule is COc1cc(CNC(=O)CNC(=O)c2ccc(F)cc2F)ccc1OC(F)F. The monoisotopic (exact) mass is 400 g/mol. The number of hydrogen-bond acceptors (Lipinski definition) is 4. The predicted octanol–water partition coefficient (Wildman–Crippen LogP) is 2.62. The number of ether oxygens (including phenoxy) is 2. The smallest absolute Gasteiger partial charge is 0.387 e. The Morgan fingerprint density at radius 2 is 1.79 bits per heavy atom. The average molecular weight is 400 g/mol. The van der Waals surface area contributed by atoms with Crippen LogP contribution >= 0.6 is 0 Å². The number of halogens is 4. The van der Waals surface area contributed by atoms with Gasteiger partial charge in [0.1, 0.15) is 11.6 Å². The summed E-state index contributed by atoms with van der Waals surface area (Å²) in [5, 5.41) is 4.70. The zero-order chi connectivity index (χ0) is 20.7. The summed E-state index contributed by atoms with van der Waals surface area (Å²) in [5.74, 6) is -3.41. The maximum Gasteiger partial charge on any atom is 0.387 e. The van der Waals surface area contributed by atoms with Crippen LogP contribution in [0.3, 0.4) is 0 Å². The Morgan fingerprint density at radius 3 is 2.43 bits per heavy atom. The van der Waals surface area contributed by atoms with E-state index < -0.39 is 42.2 Å². The normalized spacial score (nSPS) is 10.5. The van der Waals surface area contributed by atoms with Gasteiger partial charge in [0.2, 0.25) is 5.91 Å². The predicted molar refractivity (Wildman–Crippen MR) is 90.2 cm³/mol. The molecule has 28 heavy (non-hydrogen) atoms. The first-order valence-electron chi connectivity index (χ1n) is 7.92. The van der Waals surface area contributed by atoms with Crippen LogP contribution in [0.2, 0.25) is 0 Å². The van der Waals surface area contributed by atoms with Crippen molar-refractivity contribution in [1.82, 2.24) is 10.6 Å². The van der Waals surface area contributed by atoms with Crippen molar-refractivity contribution in [2.45, 2.75) is 13.2 Å². The number of carbonyl (C=O) groups is 2. The third-order valence-corrected chi connectivity index (χ3v) is 3.52. The molecular formula is C18H16F4N2O4. The van der Waals surface area contributed by atoms with Crippen LogP contribution in [0.25, 0.3) is 0 Å². The number of alkyl halides is 2. The third kappa shape index (κ3) is 5.86. The van der Waals surface area contributed by atoms with Gasteiger partial charge in [-0.2, -0.15) is 8.78 Å². The second kappa shape index (κ2) is 9.58. The van der Waals surface area contributed by atoms with Crippen LogP contribution in [0.5, 0.6) is 11.5 Å². The molecule has 0 atom stereocenters. The van der Waals surface area contributed by atoms with Gasteiger partial charge in [-0.3, -0.25) is 9.59 Å². The molecule has 0 fully saturated rings. The van der Waals surface area contributed by atoms with Crippen LogP contribution < -0.4 is 20.1 Å². The Hall–Kier alpha value is -3.30. The van der Waals surface area contributed by atoms with Gasteiger partial charge in [0.15, 0.2) is 11.5 Å². The van der Waals surface area contributed by atoms with E-state index in [-0.39, 0.29) is 18.0 Å². The van der Waals surface area contributed by atoms with Crippen LogP contribution in [0.1, 0.15) is 15.9 Å². The van der Waals surface area contributed by atoms with Crippen molar-refractivity contribution in [3.05, 3.63) is 59.2 Å². The highest BCUT2D eigenvalue weighted by Crippen LogP contribution is 2.29. The van der Waals surface area contributed by atoms with E-state index >= 15 is 0 Å². The molecule has 0 spiro atoms. The van der Waals surface area contributed by atoms with E-state index in [2.05, 4.69) is 15.4 Å². The molecule has 2 N–H and O–H groups in total. The Labute approximate surface area is 157 Å². The lowest BCUT2D eigenvalue weighted by atomic mass is 10.2. The zero-order valence-electron chi connectivity index (χ0n) is 14.6.